The van der Waals surface area contributed by atoms with Gasteiger partial charge in [-0.25, -0.2) is 0 Å². The summed E-state index contributed by atoms with van der Waals surface area (Å²) in [6.07, 6.45) is 4.38. The van der Waals surface area contributed by atoms with E-state index in [4.69, 9.17) is 9.47 Å². The molecule has 5 rings (SSSR count). The van der Waals surface area contributed by atoms with Gasteiger partial charge in [-0.05, 0) is 87.3 Å². The highest BCUT2D eigenvalue weighted by molar-refractivity contribution is 6.08. The van der Waals surface area contributed by atoms with Gasteiger partial charge in [0.15, 0.2) is 0 Å². The summed E-state index contributed by atoms with van der Waals surface area (Å²) in [4.78, 5) is 19.9. The lowest BCUT2D eigenvalue weighted by atomic mass is 9.98. The zero-order valence-electron chi connectivity index (χ0n) is 19.0. The standard InChI is InChI=1S/C26H33N3O3/c1-27-12-3-13-28(16-15-27)21-5-7-22(8-6-21)29-14-11-20-18-23(9-10-25(20)26(29)30)32-19-24-4-2-17-31-24/h5-10,18,24H,2-4,11-17,19H2,1H3. The molecule has 0 aromatic heterocycles. The first-order valence-electron chi connectivity index (χ1n) is 11.9. The fourth-order valence-electron chi connectivity index (χ4n) is 4.91. The van der Waals surface area contributed by atoms with E-state index < -0.39 is 0 Å². The molecule has 1 unspecified atom stereocenters. The van der Waals surface area contributed by atoms with Crippen LogP contribution in [-0.4, -0.2) is 69.9 Å². The number of amides is 1. The first kappa shape index (κ1) is 21.3. The van der Waals surface area contributed by atoms with Gasteiger partial charge in [-0.3, -0.25) is 4.79 Å². The van der Waals surface area contributed by atoms with Crippen LogP contribution in [0.4, 0.5) is 11.4 Å². The van der Waals surface area contributed by atoms with Gasteiger partial charge in [-0.1, -0.05) is 0 Å². The Hall–Kier alpha value is -2.57. The van der Waals surface area contributed by atoms with E-state index in [0.29, 0.717) is 13.2 Å². The van der Waals surface area contributed by atoms with Gasteiger partial charge in [-0.2, -0.15) is 0 Å². The molecule has 0 spiro atoms. The van der Waals surface area contributed by atoms with Crippen molar-refractivity contribution in [3.8, 4) is 5.75 Å². The number of ether oxygens (including phenoxy) is 2. The third-order valence-electron chi connectivity index (χ3n) is 6.86. The summed E-state index contributed by atoms with van der Waals surface area (Å²) in [5, 5.41) is 0. The number of hydrogen-bond donors (Lipinski definition) is 0. The number of nitrogens with zero attached hydrogens (tertiary/aromatic N) is 3. The zero-order valence-corrected chi connectivity index (χ0v) is 19.0. The maximum atomic E-state index is 13.2. The topological polar surface area (TPSA) is 45.2 Å². The van der Waals surface area contributed by atoms with Crippen molar-refractivity contribution in [2.24, 2.45) is 0 Å². The van der Waals surface area contributed by atoms with Crippen molar-refractivity contribution >= 4 is 17.3 Å². The fraction of sp³-hybridized carbons (Fsp3) is 0.500. The van der Waals surface area contributed by atoms with Crippen molar-refractivity contribution in [1.29, 1.82) is 0 Å². The second-order valence-electron chi connectivity index (χ2n) is 9.13. The number of carbonyl (C=O) groups is 1. The first-order valence-corrected chi connectivity index (χ1v) is 11.9. The van der Waals surface area contributed by atoms with E-state index in [1.807, 2.05) is 23.1 Å². The van der Waals surface area contributed by atoms with E-state index >= 15 is 0 Å². The summed E-state index contributed by atoms with van der Waals surface area (Å²) in [5.41, 5.74) is 4.05. The molecule has 0 aliphatic carbocycles. The van der Waals surface area contributed by atoms with E-state index in [9.17, 15) is 4.79 Å². The number of rotatable bonds is 5. The molecule has 2 aromatic carbocycles. The van der Waals surface area contributed by atoms with Gasteiger partial charge < -0.3 is 24.2 Å². The lowest BCUT2D eigenvalue weighted by molar-refractivity contribution is 0.0679. The van der Waals surface area contributed by atoms with Crippen molar-refractivity contribution in [1.82, 2.24) is 4.90 Å². The number of benzene rings is 2. The van der Waals surface area contributed by atoms with E-state index in [0.717, 1.165) is 74.6 Å². The van der Waals surface area contributed by atoms with Gasteiger partial charge in [0, 0.05) is 49.7 Å². The molecule has 6 nitrogen and oxygen atoms in total. The van der Waals surface area contributed by atoms with Gasteiger partial charge in [0.05, 0.1) is 6.10 Å². The number of hydrogen-bond acceptors (Lipinski definition) is 5. The van der Waals surface area contributed by atoms with Crippen LogP contribution in [0.5, 0.6) is 5.75 Å². The van der Waals surface area contributed by atoms with E-state index in [1.54, 1.807) is 0 Å². The molecular weight excluding hydrogens is 402 g/mol. The van der Waals surface area contributed by atoms with Crippen LogP contribution in [0.3, 0.4) is 0 Å². The minimum atomic E-state index is 0.0704. The smallest absolute Gasteiger partial charge is 0.258 e. The van der Waals surface area contributed by atoms with Crippen molar-refractivity contribution in [3.63, 3.8) is 0 Å². The molecule has 2 aromatic rings. The third-order valence-corrected chi connectivity index (χ3v) is 6.86. The lowest BCUT2D eigenvalue weighted by Gasteiger charge is -2.30. The maximum absolute atomic E-state index is 13.2. The normalized spacial score (nSPS) is 22.0. The largest absolute Gasteiger partial charge is 0.491 e. The summed E-state index contributed by atoms with van der Waals surface area (Å²) in [6, 6.07) is 14.3. The van der Waals surface area contributed by atoms with Gasteiger partial charge in [0.1, 0.15) is 12.4 Å². The Morgan fingerprint density at radius 1 is 0.969 bits per heavy atom. The van der Waals surface area contributed by atoms with Crippen LogP contribution in [0.1, 0.15) is 35.2 Å². The van der Waals surface area contributed by atoms with Crippen molar-refractivity contribution in [2.75, 3.05) is 62.8 Å². The molecule has 3 heterocycles. The highest BCUT2D eigenvalue weighted by Crippen LogP contribution is 2.29. The summed E-state index contributed by atoms with van der Waals surface area (Å²) >= 11 is 0. The molecular formula is C26H33N3O3. The minimum absolute atomic E-state index is 0.0704. The Kier molecular flexibility index (Phi) is 6.32. The van der Waals surface area contributed by atoms with Crippen molar-refractivity contribution in [2.45, 2.75) is 31.8 Å². The van der Waals surface area contributed by atoms with Crippen molar-refractivity contribution in [3.05, 3.63) is 53.6 Å². The van der Waals surface area contributed by atoms with Crippen LogP contribution in [0, 0.1) is 0 Å². The minimum Gasteiger partial charge on any atom is -0.491 e. The number of fused-ring (bicyclic) bond motifs is 1. The zero-order chi connectivity index (χ0) is 21.9. The average molecular weight is 436 g/mol. The number of carbonyl (C=O) groups excluding carboxylic acids is 1. The van der Waals surface area contributed by atoms with Crippen LogP contribution in [-0.2, 0) is 11.2 Å². The highest BCUT2D eigenvalue weighted by Gasteiger charge is 2.26. The predicted octanol–water partition coefficient (Wildman–Crippen LogP) is 3.59. The van der Waals surface area contributed by atoms with Gasteiger partial charge >= 0.3 is 0 Å². The molecule has 1 atom stereocenters. The van der Waals surface area contributed by atoms with Crippen molar-refractivity contribution < 1.29 is 14.3 Å². The SMILES string of the molecule is CN1CCCN(c2ccc(N3CCc4cc(OCC5CCCO5)ccc4C3=O)cc2)CC1. The Morgan fingerprint density at radius 3 is 2.62 bits per heavy atom. The van der Waals surface area contributed by atoms with Crippen LogP contribution in [0.2, 0.25) is 0 Å². The van der Waals surface area contributed by atoms with Crippen LogP contribution in [0.15, 0.2) is 42.5 Å². The molecule has 1 amide bonds. The van der Waals surface area contributed by atoms with Crippen LogP contribution < -0.4 is 14.5 Å². The summed E-state index contributed by atoms with van der Waals surface area (Å²) < 4.78 is 11.6. The monoisotopic (exact) mass is 435 g/mol. The molecule has 2 fully saturated rings. The molecule has 0 N–H and O–H groups in total. The number of likely N-dealkylation sites (N-methyl/N-ethyl adjacent to an activating group) is 1. The summed E-state index contributed by atoms with van der Waals surface area (Å²) in [7, 11) is 2.19. The molecule has 0 radical (unpaired) electrons. The first-order chi connectivity index (χ1) is 15.7. The van der Waals surface area contributed by atoms with E-state index in [2.05, 4.69) is 41.1 Å². The van der Waals surface area contributed by atoms with E-state index in [1.165, 1.54) is 12.1 Å². The molecule has 3 aliphatic heterocycles. The second kappa shape index (κ2) is 9.51. The Morgan fingerprint density at radius 2 is 1.81 bits per heavy atom. The average Bonchev–Trinajstić information content (AvgIpc) is 3.25. The third kappa shape index (κ3) is 4.62. The molecule has 6 heteroatoms. The summed E-state index contributed by atoms with van der Waals surface area (Å²) in [6.45, 7) is 6.46. The molecule has 0 saturated carbocycles. The Labute approximate surface area is 190 Å². The van der Waals surface area contributed by atoms with Gasteiger partial charge in [0.2, 0.25) is 0 Å². The van der Waals surface area contributed by atoms with Gasteiger partial charge in [0.25, 0.3) is 5.91 Å². The van der Waals surface area contributed by atoms with Gasteiger partial charge in [-0.15, -0.1) is 0 Å². The quantitative estimate of drug-likeness (QED) is 0.718. The number of anilines is 2. The molecule has 2 saturated heterocycles. The lowest BCUT2D eigenvalue weighted by Crippen LogP contribution is -2.37. The second-order valence-corrected chi connectivity index (χ2v) is 9.13. The fourth-order valence-corrected chi connectivity index (χ4v) is 4.91. The highest BCUT2D eigenvalue weighted by atomic mass is 16.5. The predicted molar refractivity (Wildman–Crippen MR) is 127 cm³/mol. The Balaban J connectivity index is 1.25. The van der Waals surface area contributed by atoms with Crippen LogP contribution in [0.25, 0.3) is 0 Å². The Bertz CT molecular complexity index is 940. The molecule has 3 aliphatic rings. The van der Waals surface area contributed by atoms with E-state index in [-0.39, 0.29) is 12.0 Å². The molecule has 170 valence electrons. The van der Waals surface area contributed by atoms with Crippen LogP contribution >= 0.6 is 0 Å². The summed E-state index contributed by atoms with van der Waals surface area (Å²) in [5.74, 6) is 0.897. The maximum Gasteiger partial charge on any atom is 0.258 e. The molecule has 0 bridgehead atoms. The molecule has 32 heavy (non-hydrogen) atoms.